The Kier molecular flexibility index (Phi) is 13.5. The van der Waals surface area contributed by atoms with Crippen molar-refractivity contribution in [3.63, 3.8) is 0 Å². The van der Waals surface area contributed by atoms with Crippen molar-refractivity contribution in [2.45, 2.75) is 92.1 Å². The number of likely N-dealkylation sites (N-methyl/N-ethyl adjacent to an activating group) is 1. The standard InChI is InChI=1S/C27H38N2.C12H15NO3.2HI.Ru/c1-18(2)22-11-9-12-23(19(3)4)26(22)28-15-16-29(17-28)27-24(20(5)6)13-10-14-25(27)21(7)8;1-9-7-5-6-8-11(9)16-10(2)12(14)13(3)15-4;;;/h9-14,18-21H,15-16H2,1-8H3;1,5-8,10H,2-4H3;2*1H;/q;;;;+2/p-2. The number of para-hydroxylation sites is 3. The molecule has 1 amide bonds. The third-order valence-corrected chi connectivity index (χ3v) is 18.6. The van der Waals surface area contributed by atoms with E-state index in [2.05, 4.69) is 158 Å². The van der Waals surface area contributed by atoms with Crippen molar-refractivity contribution in [2.75, 3.05) is 37.0 Å². The summed E-state index contributed by atoms with van der Waals surface area (Å²) in [4.78, 5) is 23.4. The zero-order valence-electron chi connectivity index (χ0n) is 30.3. The number of anilines is 2. The molecule has 1 unspecified atom stereocenters. The number of carbonyl (C=O) groups is 1. The zero-order valence-corrected chi connectivity index (χ0v) is 36.4. The molecule has 1 aliphatic rings. The molecule has 0 aliphatic carbocycles. The SMILES string of the molecule is CON(C)C(=O)C(C)Oc1ccccc1[CH]=[Ru]([I])([I])=[C]1N(c2c(C(C)C)cccc2C(C)C)CCN1c1c(C(C)C)cccc1C(C)C. The first-order valence-electron chi connectivity index (χ1n) is 16.8. The van der Waals surface area contributed by atoms with E-state index in [1.807, 2.05) is 12.1 Å². The molecular formula is C39H53I2N3O3Ru. The van der Waals surface area contributed by atoms with Gasteiger partial charge in [0.15, 0.2) is 0 Å². The number of amides is 1. The van der Waals surface area contributed by atoms with Gasteiger partial charge in [-0.15, -0.1) is 0 Å². The van der Waals surface area contributed by atoms with Crippen LogP contribution in [0.4, 0.5) is 11.4 Å². The molecule has 0 bridgehead atoms. The van der Waals surface area contributed by atoms with Gasteiger partial charge in [-0.1, -0.05) is 0 Å². The average Bonchev–Trinajstić information content (AvgIpc) is 3.49. The van der Waals surface area contributed by atoms with E-state index in [-0.39, 0.29) is 5.91 Å². The monoisotopic (exact) mass is 967 g/mol. The maximum absolute atomic E-state index is 12.9. The second kappa shape index (κ2) is 16.6. The Labute approximate surface area is 312 Å². The topological polar surface area (TPSA) is 45.2 Å². The van der Waals surface area contributed by atoms with E-state index < -0.39 is 12.9 Å². The molecule has 0 aromatic heterocycles. The zero-order chi connectivity index (χ0) is 35.5. The summed E-state index contributed by atoms with van der Waals surface area (Å²) in [5, 5.41) is 1.22. The fourth-order valence-electron chi connectivity index (χ4n) is 6.27. The van der Waals surface area contributed by atoms with Crippen LogP contribution in [0.15, 0.2) is 60.7 Å². The summed E-state index contributed by atoms with van der Waals surface area (Å²) >= 11 is 5.58. The minimum atomic E-state index is -2.93. The van der Waals surface area contributed by atoms with Gasteiger partial charge in [-0.25, -0.2) is 0 Å². The number of carbonyl (C=O) groups excluding carboxylic acids is 1. The van der Waals surface area contributed by atoms with Crippen molar-refractivity contribution >= 4 is 65.7 Å². The summed E-state index contributed by atoms with van der Waals surface area (Å²) < 4.78 is 10.2. The summed E-state index contributed by atoms with van der Waals surface area (Å²) in [5.74, 6) is 2.00. The number of hydroxylamine groups is 2. The van der Waals surface area contributed by atoms with Crippen LogP contribution in [0.3, 0.4) is 0 Å². The molecule has 1 saturated heterocycles. The molecule has 3 aromatic rings. The molecular weight excluding hydrogens is 913 g/mol. The summed E-state index contributed by atoms with van der Waals surface area (Å²) in [6.45, 7) is 19.2. The number of nitrogens with zero attached hydrogens (tertiary/aromatic N) is 3. The van der Waals surface area contributed by atoms with Crippen molar-refractivity contribution < 1.29 is 21.2 Å². The van der Waals surface area contributed by atoms with Gasteiger partial charge in [0.05, 0.1) is 0 Å². The fraction of sp³-hybridized carbons (Fsp3) is 0.462. The van der Waals surface area contributed by atoms with Crippen molar-refractivity contribution in [3.05, 3.63) is 88.5 Å². The molecule has 1 aliphatic heterocycles. The van der Waals surface area contributed by atoms with Crippen LogP contribution < -0.4 is 14.5 Å². The Hall–Kier alpha value is -1.69. The Balaban J connectivity index is 2.08. The van der Waals surface area contributed by atoms with Gasteiger partial charge in [-0.05, 0) is 0 Å². The van der Waals surface area contributed by atoms with E-state index in [1.54, 1.807) is 14.0 Å². The molecule has 4 rings (SSSR count). The van der Waals surface area contributed by atoms with Crippen molar-refractivity contribution in [1.82, 2.24) is 5.06 Å². The number of ether oxygens (including phenoxy) is 1. The van der Waals surface area contributed by atoms with E-state index in [1.165, 1.54) is 50.2 Å². The number of hydrogen-bond acceptors (Lipinski definition) is 5. The molecule has 0 radical (unpaired) electrons. The van der Waals surface area contributed by atoms with E-state index in [0.717, 1.165) is 18.7 Å². The van der Waals surface area contributed by atoms with Crippen LogP contribution in [0.5, 0.6) is 5.75 Å². The number of hydrogen-bond donors (Lipinski definition) is 0. The predicted octanol–water partition coefficient (Wildman–Crippen LogP) is 10.1. The van der Waals surface area contributed by atoms with Crippen molar-refractivity contribution in [2.24, 2.45) is 0 Å². The molecule has 0 N–H and O–H groups in total. The van der Waals surface area contributed by atoms with Gasteiger partial charge in [0.1, 0.15) is 0 Å². The van der Waals surface area contributed by atoms with Gasteiger partial charge in [-0.2, -0.15) is 0 Å². The Morgan fingerprint density at radius 2 is 1.15 bits per heavy atom. The van der Waals surface area contributed by atoms with Crippen molar-refractivity contribution in [3.8, 4) is 5.75 Å². The molecule has 48 heavy (non-hydrogen) atoms. The van der Waals surface area contributed by atoms with Crippen LogP contribution in [0.25, 0.3) is 0 Å². The number of rotatable bonds is 11. The first kappa shape index (κ1) is 39.1. The molecule has 1 heterocycles. The molecule has 0 spiro atoms. The Morgan fingerprint density at radius 1 is 0.729 bits per heavy atom. The molecule has 6 nitrogen and oxygen atoms in total. The second-order valence-corrected chi connectivity index (χ2v) is 39.9. The van der Waals surface area contributed by atoms with Gasteiger partial charge >= 0.3 is 315 Å². The third-order valence-electron chi connectivity index (χ3n) is 8.81. The van der Waals surface area contributed by atoms with Crippen LogP contribution >= 0.6 is 39.5 Å². The van der Waals surface area contributed by atoms with Crippen LogP contribution in [0.1, 0.15) is 114 Å². The summed E-state index contributed by atoms with van der Waals surface area (Å²) in [7, 11) is 3.09. The molecule has 0 saturated carbocycles. The van der Waals surface area contributed by atoms with Gasteiger partial charge in [-0.3, -0.25) is 0 Å². The van der Waals surface area contributed by atoms with E-state index in [9.17, 15) is 4.79 Å². The molecule has 3 aromatic carbocycles. The normalized spacial score (nSPS) is 14.8. The van der Waals surface area contributed by atoms with Gasteiger partial charge < -0.3 is 0 Å². The number of halogens is 2. The quantitative estimate of drug-likeness (QED) is 0.109. The number of benzene rings is 3. The minimum absolute atomic E-state index is 0.233. The predicted molar refractivity (Wildman–Crippen MR) is 218 cm³/mol. The third kappa shape index (κ3) is 8.43. The van der Waals surface area contributed by atoms with E-state index in [4.69, 9.17) is 9.57 Å². The first-order valence-corrected chi connectivity index (χ1v) is 29.0. The van der Waals surface area contributed by atoms with E-state index >= 15 is 0 Å². The van der Waals surface area contributed by atoms with Crippen LogP contribution in [0, 0.1) is 0 Å². The van der Waals surface area contributed by atoms with E-state index in [0.29, 0.717) is 29.4 Å². The first-order chi connectivity index (χ1) is 22.6. The Morgan fingerprint density at radius 3 is 1.54 bits per heavy atom. The van der Waals surface area contributed by atoms with Gasteiger partial charge in [0.25, 0.3) is 0 Å². The maximum atomic E-state index is 12.9. The molecule has 1 atom stereocenters. The second-order valence-electron chi connectivity index (χ2n) is 13.6. The van der Waals surface area contributed by atoms with Gasteiger partial charge in [0, 0.05) is 0 Å². The Bertz CT molecular complexity index is 1610. The van der Waals surface area contributed by atoms with Crippen LogP contribution in [-0.4, -0.2) is 53.3 Å². The molecule has 264 valence electrons. The summed E-state index contributed by atoms with van der Waals surface area (Å²) in [6, 6.07) is 21.9. The van der Waals surface area contributed by atoms with Crippen LogP contribution in [-0.2, 0) is 16.5 Å². The van der Waals surface area contributed by atoms with Crippen LogP contribution in [0.2, 0.25) is 0 Å². The summed E-state index contributed by atoms with van der Waals surface area (Å²) in [5.41, 5.74) is 9.31. The average molecular weight is 967 g/mol. The van der Waals surface area contributed by atoms with Gasteiger partial charge in [0.2, 0.25) is 0 Å². The van der Waals surface area contributed by atoms with Crippen molar-refractivity contribution in [1.29, 1.82) is 0 Å². The summed E-state index contributed by atoms with van der Waals surface area (Å²) in [6.07, 6.45) is -0.696. The molecule has 1 fully saturated rings. The molecule has 9 heteroatoms. The fourth-order valence-corrected chi connectivity index (χ4v) is 17.3.